The number of rotatable bonds is 6. The maximum Gasteiger partial charge on any atom is 0.119 e. The van der Waals surface area contributed by atoms with E-state index >= 15 is 0 Å². The second-order valence-electron chi connectivity index (χ2n) is 6.21. The minimum absolute atomic E-state index is 0.836. The van der Waals surface area contributed by atoms with Crippen LogP contribution in [0.15, 0.2) is 90.3 Å². The van der Waals surface area contributed by atoms with Gasteiger partial charge >= 0.3 is 0 Å². The zero-order valence-electron chi connectivity index (χ0n) is 15.5. The Morgan fingerprint density at radius 2 is 1.57 bits per heavy atom. The maximum absolute atomic E-state index is 5.25. The summed E-state index contributed by atoms with van der Waals surface area (Å²) in [6.45, 7) is 0. The van der Waals surface area contributed by atoms with E-state index in [2.05, 4.69) is 41.0 Å². The van der Waals surface area contributed by atoms with Crippen molar-refractivity contribution >= 4 is 28.8 Å². The molecular formula is C24H20N2OS. The van der Waals surface area contributed by atoms with E-state index in [4.69, 9.17) is 9.72 Å². The first-order valence-corrected chi connectivity index (χ1v) is 9.89. The number of thiazole rings is 1. The van der Waals surface area contributed by atoms with Crippen molar-refractivity contribution in [1.82, 2.24) is 4.98 Å². The van der Waals surface area contributed by atoms with Crippen molar-refractivity contribution in [2.75, 3.05) is 12.4 Å². The highest BCUT2D eigenvalue weighted by atomic mass is 32.1. The maximum atomic E-state index is 5.25. The van der Waals surface area contributed by atoms with Crippen molar-refractivity contribution in [3.63, 3.8) is 0 Å². The van der Waals surface area contributed by atoms with Gasteiger partial charge in [-0.2, -0.15) is 0 Å². The monoisotopic (exact) mass is 384 g/mol. The molecule has 4 aromatic rings. The number of anilines is 1. The Labute approximate surface area is 169 Å². The Hall–Kier alpha value is -3.37. The summed E-state index contributed by atoms with van der Waals surface area (Å²) in [5.41, 5.74) is 5.22. The smallest absolute Gasteiger partial charge is 0.119 e. The molecule has 0 atom stereocenters. The van der Waals surface area contributed by atoms with Crippen LogP contribution < -0.4 is 10.1 Å². The van der Waals surface area contributed by atoms with E-state index in [0.29, 0.717) is 0 Å². The molecule has 0 aliphatic rings. The molecule has 0 fully saturated rings. The van der Waals surface area contributed by atoms with Gasteiger partial charge in [-0.05, 0) is 35.9 Å². The lowest BCUT2D eigenvalue weighted by molar-refractivity contribution is 0.415. The summed E-state index contributed by atoms with van der Waals surface area (Å²) in [4.78, 5) is 4.80. The van der Waals surface area contributed by atoms with Crippen molar-refractivity contribution in [3.8, 4) is 17.0 Å². The molecule has 0 amide bonds. The van der Waals surface area contributed by atoms with E-state index in [1.807, 2.05) is 60.7 Å². The fraction of sp³-hybridized carbons (Fsp3) is 0.0417. The summed E-state index contributed by atoms with van der Waals surface area (Å²) in [6.07, 6.45) is 2.09. The highest BCUT2D eigenvalue weighted by Crippen LogP contribution is 2.27. The summed E-state index contributed by atoms with van der Waals surface area (Å²) < 4.78 is 5.25. The van der Waals surface area contributed by atoms with Crippen molar-refractivity contribution in [3.05, 3.63) is 101 Å². The molecule has 4 rings (SSSR count). The van der Waals surface area contributed by atoms with Crippen molar-refractivity contribution in [1.29, 1.82) is 0 Å². The quantitative estimate of drug-likeness (QED) is 0.416. The topological polar surface area (TPSA) is 34.1 Å². The van der Waals surface area contributed by atoms with Crippen molar-refractivity contribution in [2.45, 2.75) is 0 Å². The van der Waals surface area contributed by atoms with Crippen LogP contribution in [0.5, 0.6) is 5.75 Å². The molecular weight excluding hydrogens is 364 g/mol. The Bertz CT molecular complexity index is 1050. The number of aromatic nitrogens is 1. The van der Waals surface area contributed by atoms with Gasteiger partial charge in [0.1, 0.15) is 10.8 Å². The van der Waals surface area contributed by atoms with Crippen LogP contribution in [0.2, 0.25) is 0 Å². The first kappa shape index (κ1) is 18.0. The van der Waals surface area contributed by atoms with Gasteiger partial charge in [-0.3, -0.25) is 0 Å². The van der Waals surface area contributed by atoms with E-state index < -0.39 is 0 Å². The Balaban J connectivity index is 1.66. The Morgan fingerprint density at radius 1 is 0.893 bits per heavy atom. The van der Waals surface area contributed by atoms with Gasteiger partial charge in [-0.15, -0.1) is 11.3 Å². The number of methoxy groups -OCH3 is 1. The van der Waals surface area contributed by atoms with Crippen LogP contribution >= 0.6 is 11.3 Å². The Kier molecular flexibility index (Phi) is 5.50. The lowest BCUT2D eigenvalue weighted by Crippen LogP contribution is -1.99. The Morgan fingerprint density at radius 3 is 2.25 bits per heavy atom. The van der Waals surface area contributed by atoms with Crippen LogP contribution in [-0.4, -0.2) is 12.1 Å². The molecule has 4 heteroatoms. The number of ether oxygens (including phenoxy) is 1. The molecule has 28 heavy (non-hydrogen) atoms. The lowest BCUT2D eigenvalue weighted by Gasteiger charge is -2.12. The third-order valence-electron chi connectivity index (χ3n) is 4.31. The van der Waals surface area contributed by atoms with Gasteiger partial charge in [-0.1, -0.05) is 60.7 Å². The minimum Gasteiger partial charge on any atom is -0.497 e. The highest BCUT2D eigenvalue weighted by Gasteiger charge is 2.07. The molecule has 0 saturated heterocycles. The van der Waals surface area contributed by atoms with Gasteiger partial charge in [0.15, 0.2) is 0 Å². The second kappa shape index (κ2) is 8.55. The van der Waals surface area contributed by atoms with Crippen LogP contribution in [0, 0.1) is 0 Å². The number of nitrogens with zero attached hydrogens (tertiary/aromatic N) is 1. The molecule has 1 N–H and O–H groups in total. The fourth-order valence-corrected chi connectivity index (χ4v) is 3.62. The first-order chi connectivity index (χ1) is 13.8. The summed E-state index contributed by atoms with van der Waals surface area (Å²) in [7, 11) is 1.67. The predicted molar refractivity (Wildman–Crippen MR) is 118 cm³/mol. The van der Waals surface area contributed by atoms with Gasteiger partial charge in [0.2, 0.25) is 0 Å². The van der Waals surface area contributed by atoms with E-state index in [1.165, 1.54) is 0 Å². The molecule has 1 heterocycles. The third-order valence-corrected chi connectivity index (χ3v) is 5.10. The first-order valence-electron chi connectivity index (χ1n) is 9.01. The minimum atomic E-state index is 0.836. The number of hydrogen-bond acceptors (Lipinski definition) is 4. The standard InChI is InChI=1S/C24H20N2OS/c1-27-21-14-12-20(13-15-21)25-22(18-8-4-2-5-9-18)16-24-26-23(17-28-24)19-10-6-3-7-11-19/h2-17,25H,1H3. The summed E-state index contributed by atoms with van der Waals surface area (Å²) in [6, 6.07) is 28.4. The second-order valence-corrected chi connectivity index (χ2v) is 7.10. The molecule has 3 aromatic carbocycles. The normalized spacial score (nSPS) is 11.2. The predicted octanol–water partition coefficient (Wildman–Crippen LogP) is 6.43. The molecule has 3 nitrogen and oxygen atoms in total. The third kappa shape index (κ3) is 4.30. The van der Waals surface area contributed by atoms with Gasteiger partial charge in [-0.25, -0.2) is 4.98 Å². The molecule has 0 aliphatic heterocycles. The van der Waals surface area contributed by atoms with Gasteiger partial charge in [0.05, 0.1) is 12.8 Å². The SMILES string of the molecule is COc1ccc(NC(=Cc2nc(-c3ccccc3)cs2)c2ccccc2)cc1. The average Bonchev–Trinajstić information content (AvgIpc) is 3.24. The molecule has 0 radical (unpaired) electrons. The molecule has 0 bridgehead atoms. The van der Waals surface area contributed by atoms with Gasteiger partial charge in [0.25, 0.3) is 0 Å². The summed E-state index contributed by atoms with van der Waals surface area (Å²) in [5.74, 6) is 0.836. The van der Waals surface area contributed by atoms with Crippen molar-refractivity contribution in [2.24, 2.45) is 0 Å². The van der Waals surface area contributed by atoms with Gasteiger partial charge in [0, 0.05) is 22.3 Å². The molecule has 0 spiro atoms. The molecule has 1 aromatic heterocycles. The summed E-state index contributed by atoms with van der Waals surface area (Å²) in [5, 5.41) is 6.57. The zero-order chi connectivity index (χ0) is 19.2. The lowest BCUT2D eigenvalue weighted by atomic mass is 10.1. The van der Waals surface area contributed by atoms with Crippen LogP contribution in [-0.2, 0) is 0 Å². The van der Waals surface area contributed by atoms with E-state index in [0.717, 1.165) is 39.0 Å². The van der Waals surface area contributed by atoms with Crippen LogP contribution in [0.25, 0.3) is 23.0 Å². The molecule has 138 valence electrons. The molecule has 0 unspecified atom stereocenters. The number of nitrogens with one attached hydrogen (secondary N) is 1. The van der Waals surface area contributed by atoms with Crippen LogP contribution in [0.3, 0.4) is 0 Å². The van der Waals surface area contributed by atoms with E-state index in [1.54, 1.807) is 18.4 Å². The molecule has 0 aliphatic carbocycles. The van der Waals surface area contributed by atoms with E-state index in [9.17, 15) is 0 Å². The zero-order valence-corrected chi connectivity index (χ0v) is 16.3. The number of benzene rings is 3. The van der Waals surface area contributed by atoms with Crippen molar-refractivity contribution < 1.29 is 4.74 Å². The largest absolute Gasteiger partial charge is 0.497 e. The fourth-order valence-electron chi connectivity index (χ4n) is 2.86. The highest BCUT2D eigenvalue weighted by molar-refractivity contribution is 7.10. The van der Waals surface area contributed by atoms with Crippen LogP contribution in [0.4, 0.5) is 5.69 Å². The van der Waals surface area contributed by atoms with Crippen LogP contribution in [0.1, 0.15) is 10.6 Å². The number of hydrogen-bond donors (Lipinski definition) is 1. The average molecular weight is 385 g/mol. The summed E-state index contributed by atoms with van der Waals surface area (Å²) >= 11 is 1.64. The van der Waals surface area contributed by atoms with Gasteiger partial charge < -0.3 is 10.1 Å². The van der Waals surface area contributed by atoms with E-state index in [-0.39, 0.29) is 0 Å². The molecule has 0 saturated carbocycles.